The molecule has 0 amide bonds. The summed E-state index contributed by atoms with van der Waals surface area (Å²) in [6.45, 7) is 22.7. The van der Waals surface area contributed by atoms with Gasteiger partial charge in [0.25, 0.3) is 0 Å². The van der Waals surface area contributed by atoms with Gasteiger partial charge in [-0.3, -0.25) is 0 Å². The van der Waals surface area contributed by atoms with E-state index in [2.05, 4.69) is 52.4 Å². The molecular formula is C19H42O7Si3. The highest BCUT2D eigenvalue weighted by atomic mass is 28.5. The second kappa shape index (κ2) is 12.5. The Morgan fingerprint density at radius 2 is 1.48 bits per heavy atom. The Morgan fingerprint density at radius 1 is 0.966 bits per heavy atom. The van der Waals surface area contributed by atoms with Gasteiger partial charge in [0.05, 0.1) is 32.0 Å². The van der Waals surface area contributed by atoms with E-state index in [0.29, 0.717) is 18.2 Å². The highest BCUT2D eigenvalue weighted by Crippen LogP contribution is 2.27. The Balaban J connectivity index is 5.33. The number of hydrogen-bond donors (Lipinski definition) is 1. The monoisotopic (exact) mass is 466 g/mol. The van der Waals surface area contributed by atoms with Crippen LogP contribution in [0.15, 0.2) is 12.2 Å². The van der Waals surface area contributed by atoms with Crippen molar-refractivity contribution in [3.05, 3.63) is 12.2 Å². The first-order valence-electron chi connectivity index (χ1n) is 10.1. The van der Waals surface area contributed by atoms with Crippen molar-refractivity contribution < 1.29 is 32.3 Å². The van der Waals surface area contributed by atoms with E-state index in [0.717, 1.165) is 0 Å². The van der Waals surface area contributed by atoms with Crippen molar-refractivity contribution in [1.29, 1.82) is 0 Å². The summed E-state index contributed by atoms with van der Waals surface area (Å²) in [6, 6.07) is 0.553. The number of rotatable bonds is 15. The number of ether oxygens (including phenoxy) is 3. The molecule has 0 aromatic rings. The maximum atomic E-state index is 11.9. The molecule has 0 aliphatic rings. The fraction of sp³-hybridized carbons (Fsp3) is 0.842. The lowest BCUT2D eigenvalue weighted by Gasteiger charge is -2.40. The lowest BCUT2D eigenvalue weighted by molar-refractivity contribution is -0.144. The van der Waals surface area contributed by atoms with Crippen LogP contribution in [0.5, 0.6) is 0 Å². The largest absolute Gasteiger partial charge is 0.460 e. The topological polar surface area (TPSA) is 83.5 Å². The molecule has 0 aliphatic heterocycles. The van der Waals surface area contributed by atoms with Crippen LogP contribution in [0.2, 0.25) is 51.9 Å². The Labute approximate surface area is 180 Å². The van der Waals surface area contributed by atoms with Crippen LogP contribution in [0, 0.1) is 0 Å². The van der Waals surface area contributed by atoms with E-state index in [1.54, 1.807) is 6.92 Å². The summed E-state index contributed by atoms with van der Waals surface area (Å²) in [4.78, 5) is 11.9. The van der Waals surface area contributed by atoms with E-state index in [-0.39, 0.29) is 32.0 Å². The van der Waals surface area contributed by atoms with Crippen molar-refractivity contribution in [2.45, 2.75) is 77.9 Å². The zero-order chi connectivity index (χ0) is 22.9. The molecule has 7 nitrogen and oxygen atoms in total. The average molecular weight is 467 g/mol. The quantitative estimate of drug-likeness (QED) is 0.224. The predicted molar refractivity (Wildman–Crippen MR) is 123 cm³/mol. The molecule has 172 valence electrons. The summed E-state index contributed by atoms with van der Waals surface area (Å²) < 4.78 is 30.0. The van der Waals surface area contributed by atoms with Crippen molar-refractivity contribution in [3.63, 3.8) is 0 Å². The minimum absolute atomic E-state index is 0.0386. The third-order valence-corrected chi connectivity index (χ3v) is 13.0. The summed E-state index contributed by atoms with van der Waals surface area (Å²) in [5.74, 6) is -0.441. The van der Waals surface area contributed by atoms with E-state index < -0.39 is 31.2 Å². The number of carbonyl (C=O) groups excluding carboxylic acids is 1. The summed E-state index contributed by atoms with van der Waals surface area (Å²) in [5, 5.41) is 8.91. The average Bonchev–Trinajstić information content (AvgIpc) is 2.50. The molecule has 0 aromatic heterocycles. The van der Waals surface area contributed by atoms with Crippen LogP contribution in [0.3, 0.4) is 0 Å². The van der Waals surface area contributed by atoms with Crippen LogP contribution in [0.4, 0.5) is 0 Å². The number of hydrogen-bond acceptors (Lipinski definition) is 7. The van der Waals surface area contributed by atoms with Crippen molar-refractivity contribution >= 4 is 31.2 Å². The third kappa shape index (κ3) is 15.2. The lowest BCUT2D eigenvalue weighted by Crippen LogP contribution is -2.54. The second-order valence-corrected chi connectivity index (χ2v) is 22.3. The molecular weight excluding hydrogens is 424 g/mol. The van der Waals surface area contributed by atoms with E-state index in [4.69, 9.17) is 27.5 Å². The van der Waals surface area contributed by atoms with Gasteiger partial charge in [-0.05, 0) is 59.7 Å². The molecule has 2 unspecified atom stereocenters. The summed E-state index contributed by atoms with van der Waals surface area (Å²) in [5.41, 5.74) is 0.347. The van der Waals surface area contributed by atoms with Gasteiger partial charge in [-0.2, -0.15) is 0 Å². The molecule has 0 saturated carbocycles. The van der Waals surface area contributed by atoms with Crippen LogP contribution in [-0.2, 0) is 27.2 Å². The Hall–Kier alpha value is -0.339. The molecule has 0 radical (unpaired) electrons. The van der Waals surface area contributed by atoms with Gasteiger partial charge in [-0.15, -0.1) is 0 Å². The Morgan fingerprint density at radius 3 is 1.90 bits per heavy atom. The van der Waals surface area contributed by atoms with Crippen molar-refractivity contribution in [2.24, 2.45) is 0 Å². The number of aliphatic hydroxyl groups is 1. The SMILES string of the molecule is C=C(C)C(=O)OCC(C[Si](C)(O[Si](C)(C)C)O[Si](C)(C)C)OCC(C)OCCO. The van der Waals surface area contributed by atoms with Crippen molar-refractivity contribution in [2.75, 3.05) is 26.4 Å². The normalized spacial score (nSPS) is 15.1. The Bertz CT molecular complexity index is 499. The van der Waals surface area contributed by atoms with E-state index in [9.17, 15) is 4.79 Å². The number of carbonyl (C=O) groups is 1. The fourth-order valence-electron chi connectivity index (χ4n) is 2.84. The molecule has 0 aromatic carbocycles. The van der Waals surface area contributed by atoms with E-state index in [1.807, 2.05) is 6.92 Å². The van der Waals surface area contributed by atoms with Gasteiger partial charge in [0.1, 0.15) is 6.61 Å². The Kier molecular flexibility index (Phi) is 12.4. The highest BCUT2D eigenvalue weighted by molar-refractivity contribution is 6.87. The van der Waals surface area contributed by atoms with Crippen molar-refractivity contribution in [1.82, 2.24) is 0 Å². The molecule has 10 heteroatoms. The molecule has 0 rings (SSSR count). The molecule has 0 heterocycles. The molecule has 1 N–H and O–H groups in total. The fourth-order valence-corrected chi connectivity index (χ4v) is 15.5. The maximum absolute atomic E-state index is 11.9. The number of aliphatic hydroxyl groups excluding tert-OH is 1. The van der Waals surface area contributed by atoms with Gasteiger partial charge in [0.2, 0.25) is 0 Å². The second-order valence-electron chi connectivity index (χ2n) is 9.51. The minimum Gasteiger partial charge on any atom is -0.460 e. The number of esters is 1. The van der Waals surface area contributed by atoms with Gasteiger partial charge in [-0.25, -0.2) is 4.79 Å². The van der Waals surface area contributed by atoms with Crippen LogP contribution >= 0.6 is 0 Å². The van der Waals surface area contributed by atoms with Gasteiger partial charge < -0.3 is 27.5 Å². The zero-order valence-corrected chi connectivity index (χ0v) is 22.8. The first kappa shape index (κ1) is 28.7. The van der Waals surface area contributed by atoms with Gasteiger partial charge in [0.15, 0.2) is 16.6 Å². The molecule has 2 atom stereocenters. The standard InChI is InChI=1S/C19H42O7Si3/c1-16(2)19(21)24-14-18(23-13-17(3)22-12-11-20)15-29(10,25-27(4,5)6)26-28(7,8)9/h17-18,20H,1,11-15H2,2-10H3. The predicted octanol–water partition coefficient (Wildman–Crippen LogP) is 3.66. The van der Waals surface area contributed by atoms with Crippen LogP contribution in [-0.4, -0.2) is 74.9 Å². The van der Waals surface area contributed by atoms with Crippen LogP contribution < -0.4 is 0 Å². The molecule has 0 aliphatic carbocycles. The maximum Gasteiger partial charge on any atom is 0.333 e. The van der Waals surface area contributed by atoms with E-state index in [1.165, 1.54) is 0 Å². The molecule has 0 spiro atoms. The highest BCUT2D eigenvalue weighted by Gasteiger charge is 2.42. The van der Waals surface area contributed by atoms with E-state index >= 15 is 0 Å². The first-order valence-corrected chi connectivity index (χ1v) is 19.5. The smallest absolute Gasteiger partial charge is 0.333 e. The minimum atomic E-state index is -2.58. The van der Waals surface area contributed by atoms with Crippen molar-refractivity contribution in [3.8, 4) is 0 Å². The summed E-state index contributed by atoms with van der Waals surface area (Å²) in [6.07, 6.45) is -0.562. The molecule has 0 bridgehead atoms. The molecule has 0 saturated heterocycles. The third-order valence-electron chi connectivity index (χ3n) is 3.45. The lowest BCUT2D eigenvalue weighted by atomic mass is 10.3. The molecule has 29 heavy (non-hydrogen) atoms. The van der Waals surface area contributed by atoms with Crippen LogP contribution in [0.25, 0.3) is 0 Å². The van der Waals surface area contributed by atoms with Gasteiger partial charge in [0, 0.05) is 11.6 Å². The van der Waals surface area contributed by atoms with Gasteiger partial charge in [-0.1, -0.05) is 6.58 Å². The summed E-state index contributed by atoms with van der Waals surface area (Å²) in [7, 11) is -6.29. The first-order chi connectivity index (χ1) is 13.1. The zero-order valence-electron chi connectivity index (χ0n) is 19.8. The summed E-state index contributed by atoms with van der Waals surface area (Å²) >= 11 is 0. The van der Waals surface area contributed by atoms with Crippen LogP contribution in [0.1, 0.15) is 13.8 Å². The van der Waals surface area contributed by atoms with Gasteiger partial charge >= 0.3 is 14.5 Å². The molecule has 0 fully saturated rings.